The molecule has 2 N–H and O–H groups in total. The van der Waals surface area contributed by atoms with Gasteiger partial charge in [-0.1, -0.05) is 37.8 Å². The molecular weight excluding hydrogens is 338 g/mol. The molecule has 0 aromatic heterocycles. The Bertz CT molecular complexity index is 553. The zero-order valence-corrected chi connectivity index (χ0v) is 18.6. The highest BCUT2D eigenvalue weighted by atomic mass is 14.7. The van der Waals surface area contributed by atoms with E-state index in [1.807, 2.05) is 0 Å². The molecule has 0 amide bonds. The van der Waals surface area contributed by atoms with Crippen molar-refractivity contribution in [3.63, 3.8) is 0 Å². The zero-order valence-electron chi connectivity index (χ0n) is 18.6. The van der Waals surface area contributed by atoms with Gasteiger partial charge in [-0.25, -0.2) is 0 Å². The largest absolute Gasteiger partial charge is 0.325 e. The Balaban J connectivity index is 1.38. The minimum atomic E-state index is 0.111. The van der Waals surface area contributed by atoms with E-state index in [2.05, 4.69) is 19.1 Å². The van der Waals surface area contributed by atoms with Crippen LogP contribution < -0.4 is 5.73 Å². The summed E-state index contributed by atoms with van der Waals surface area (Å²) < 4.78 is 0. The van der Waals surface area contributed by atoms with Crippen LogP contribution in [0, 0.1) is 23.7 Å². The predicted octanol–water partition coefficient (Wildman–Crippen LogP) is 7.71. The number of rotatable bonds is 2. The topological polar surface area (TPSA) is 26.0 Å². The van der Waals surface area contributed by atoms with Gasteiger partial charge in [0.15, 0.2) is 0 Å². The van der Waals surface area contributed by atoms with Crippen molar-refractivity contribution in [1.29, 1.82) is 0 Å². The van der Waals surface area contributed by atoms with E-state index in [9.17, 15) is 0 Å². The van der Waals surface area contributed by atoms with Crippen LogP contribution in [0.25, 0.3) is 0 Å². The molecule has 0 radical (unpaired) electrons. The summed E-state index contributed by atoms with van der Waals surface area (Å²) in [6.07, 6.45) is 29.2. The summed E-state index contributed by atoms with van der Waals surface area (Å²) in [6, 6.07) is 0. The van der Waals surface area contributed by atoms with E-state index in [0.717, 1.165) is 23.7 Å². The van der Waals surface area contributed by atoms with Crippen molar-refractivity contribution in [3.8, 4) is 0 Å². The van der Waals surface area contributed by atoms with Gasteiger partial charge in [-0.2, -0.15) is 0 Å². The number of hydrogen-bond donors (Lipinski definition) is 1. The summed E-state index contributed by atoms with van der Waals surface area (Å²) in [6.45, 7) is 2.26. The highest BCUT2D eigenvalue weighted by Gasteiger charge is 2.32. The van der Waals surface area contributed by atoms with E-state index < -0.39 is 0 Å². The van der Waals surface area contributed by atoms with E-state index in [1.54, 1.807) is 11.1 Å². The van der Waals surface area contributed by atoms with Gasteiger partial charge >= 0.3 is 0 Å². The van der Waals surface area contributed by atoms with Crippen LogP contribution in [-0.4, -0.2) is 5.54 Å². The van der Waals surface area contributed by atoms with Gasteiger partial charge in [-0.05, 0) is 125 Å². The SMILES string of the molecule is CC1(N)CCC(C2C/C=C3CCCC(C4CCCC4)CC\C=C/3CCC2)CC1. The molecule has 0 aromatic carbocycles. The first-order chi connectivity index (χ1) is 13.6. The normalized spacial score (nSPS) is 42.6. The quantitative estimate of drug-likeness (QED) is 0.519. The van der Waals surface area contributed by atoms with Crippen molar-refractivity contribution in [2.75, 3.05) is 0 Å². The van der Waals surface area contributed by atoms with Crippen LogP contribution in [0.1, 0.15) is 116 Å². The second-order valence-electron chi connectivity index (χ2n) is 11.1. The van der Waals surface area contributed by atoms with E-state index in [1.165, 1.54) is 109 Å². The smallest absolute Gasteiger partial charge is 0.0126 e. The molecule has 2 unspecified atom stereocenters. The van der Waals surface area contributed by atoms with Crippen LogP contribution in [0.15, 0.2) is 23.3 Å². The molecule has 158 valence electrons. The predicted molar refractivity (Wildman–Crippen MR) is 121 cm³/mol. The lowest BCUT2D eigenvalue weighted by atomic mass is 9.70. The Labute approximate surface area is 174 Å². The number of allylic oxidation sites excluding steroid dienone is 4. The van der Waals surface area contributed by atoms with Crippen molar-refractivity contribution in [1.82, 2.24) is 0 Å². The Hall–Kier alpha value is -0.560. The van der Waals surface area contributed by atoms with Crippen molar-refractivity contribution in [2.24, 2.45) is 29.4 Å². The van der Waals surface area contributed by atoms with Gasteiger partial charge in [0.05, 0.1) is 0 Å². The van der Waals surface area contributed by atoms with Crippen molar-refractivity contribution >= 4 is 0 Å². The molecule has 0 spiro atoms. The van der Waals surface area contributed by atoms with E-state index in [-0.39, 0.29) is 5.54 Å². The van der Waals surface area contributed by atoms with Crippen LogP contribution in [0.4, 0.5) is 0 Å². The molecular formula is C27H45N. The number of fused-ring (bicyclic) bond motifs is 1. The maximum Gasteiger partial charge on any atom is 0.0126 e. The summed E-state index contributed by atoms with van der Waals surface area (Å²) in [4.78, 5) is 0. The standard InChI is InChI=1S/C27H45N/c1-27(28)19-17-26(18-20-27)25-14-6-12-23-11-4-9-22(21-7-2-3-8-21)10-5-13-24(23)15-16-25/h11,15,21-22,25-26H,2-10,12-14,16-20,28H2,1H3/b23-11-,24-15-. The van der Waals surface area contributed by atoms with Gasteiger partial charge in [-0.3, -0.25) is 0 Å². The summed E-state index contributed by atoms with van der Waals surface area (Å²) in [7, 11) is 0. The molecule has 0 aliphatic heterocycles. The molecule has 28 heavy (non-hydrogen) atoms. The first-order valence-corrected chi connectivity index (χ1v) is 12.8. The maximum absolute atomic E-state index is 6.40. The maximum atomic E-state index is 6.40. The van der Waals surface area contributed by atoms with E-state index in [0.29, 0.717) is 0 Å². The summed E-state index contributed by atoms with van der Waals surface area (Å²) in [5.74, 6) is 3.93. The molecule has 2 fully saturated rings. The molecule has 4 rings (SSSR count). The summed E-state index contributed by atoms with van der Waals surface area (Å²) >= 11 is 0. The van der Waals surface area contributed by atoms with Gasteiger partial charge in [0.25, 0.3) is 0 Å². The second-order valence-corrected chi connectivity index (χ2v) is 11.1. The first-order valence-electron chi connectivity index (χ1n) is 12.8. The molecule has 1 nitrogen and oxygen atoms in total. The Kier molecular flexibility index (Phi) is 7.02. The lowest BCUT2D eigenvalue weighted by Gasteiger charge is -2.38. The van der Waals surface area contributed by atoms with E-state index in [4.69, 9.17) is 5.73 Å². The molecule has 0 bridgehead atoms. The number of hydrogen-bond acceptors (Lipinski definition) is 1. The Morgan fingerprint density at radius 2 is 1.21 bits per heavy atom. The minimum absolute atomic E-state index is 0.111. The van der Waals surface area contributed by atoms with Crippen molar-refractivity contribution in [3.05, 3.63) is 23.3 Å². The van der Waals surface area contributed by atoms with Crippen molar-refractivity contribution in [2.45, 2.75) is 122 Å². The average Bonchev–Trinajstić information content (AvgIpc) is 3.20. The van der Waals surface area contributed by atoms with E-state index >= 15 is 0 Å². The Morgan fingerprint density at radius 1 is 0.679 bits per heavy atom. The monoisotopic (exact) mass is 383 g/mol. The Morgan fingerprint density at radius 3 is 1.93 bits per heavy atom. The minimum Gasteiger partial charge on any atom is -0.325 e. The second kappa shape index (κ2) is 9.50. The highest BCUT2D eigenvalue weighted by molar-refractivity contribution is 5.32. The molecule has 0 heterocycles. The fraction of sp³-hybridized carbons (Fsp3) is 0.852. The van der Waals surface area contributed by atoms with Crippen molar-refractivity contribution < 1.29 is 0 Å². The molecule has 4 aliphatic carbocycles. The van der Waals surface area contributed by atoms with Crippen LogP contribution in [0.2, 0.25) is 0 Å². The molecule has 1 heteroatoms. The molecule has 2 saturated carbocycles. The van der Waals surface area contributed by atoms with Gasteiger partial charge in [0.2, 0.25) is 0 Å². The molecule has 4 aliphatic rings. The van der Waals surface area contributed by atoms with Crippen LogP contribution in [0.5, 0.6) is 0 Å². The fourth-order valence-corrected chi connectivity index (χ4v) is 7.02. The lowest BCUT2D eigenvalue weighted by molar-refractivity contribution is 0.181. The summed E-state index contributed by atoms with van der Waals surface area (Å²) in [5.41, 5.74) is 9.99. The fourth-order valence-electron chi connectivity index (χ4n) is 7.02. The molecule has 0 aromatic rings. The average molecular weight is 384 g/mol. The van der Waals surface area contributed by atoms with Crippen LogP contribution >= 0.6 is 0 Å². The first kappa shape index (κ1) is 20.7. The van der Waals surface area contributed by atoms with Crippen LogP contribution in [0.3, 0.4) is 0 Å². The highest BCUT2D eigenvalue weighted by Crippen LogP contribution is 2.42. The zero-order chi connectivity index (χ0) is 19.4. The van der Waals surface area contributed by atoms with Gasteiger partial charge < -0.3 is 5.73 Å². The van der Waals surface area contributed by atoms with Gasteiger partial charge in [0.1, 0.15) is 0 Å². The molecule has 2 atom stereocenters. The third-order valence-corrected chi connectivity index (χ3v) is 8.96. The van der Waals surface area contributed by atoms with Gasteiger partial charge in [-0.15, -0.1) is 0 Å². The van der Waals surface area contributed by atoms with Gasteiger partial charge in [0, 0.05) is 5.54 Å². The third-order valence-electron chi connectivity index (χ3n) is 8.96. The molecule has 0 saturated heterocycles. The lowest BCUT2D eigenvalue weighted by Crippen LogP contribution is -2.41. The third kappa shape index (κ3) is 5.32. The summed E-state index contributed by atoms with van der Waals surface area (Å²) in [5, 5.41) is 0. The van der Waals surface area contributed by atoms with Crippen LogP contribution in [-0.2, 0) is 0 Å². The number of nitrogens with two attached hydrogens (primary N) is 1.